The van der Waals surface area contributed by atoms with Crippen LogP contribution in [0.25, 0.3) is 0 Å². The minimum atomic E-state index is -1.24. The predicted octanol–water partition coefficient (Wildman–Crippen LogP) is 2.86. The molecular weight excluding hydrogens is 292 g/mol. The van der Waals surface area contributed by atoms with Gasteiger partial charge in [0.1, 0.15) is 5.84 Å². The Kier molecular flexibility index (Phi) is 3.85. The molecule has 0 bridgehead atoms. The summed E-state index contributed by atoms with van der Waals surface area (Å²) in [5.74, 6) is 0.822. The van der Waals surface area contributed by atoms with Crippen LogP contribution in [-0.4, -0.2) is 23.1 Å². The Morgan fingerprint density at radius 2 is 1.85 bits per heavy atom. The number of amidine groups is 1. The van der Waals surface area contributed by atoms with Crippen molar-refractivity contribution in [2.45, 2.75) is 9.79 Å². The van der Waals surface area contributed by atoms with Crippen molar-refractivity contribution in [3.8, 4) is 0 Å². The first-order valence-electron chi connectivity index (χ1n) is 6.31. The molecule has 0 saturated carbocycles. The van der Waals surface area contributed by atoms with E-state index >= 15 is 0 Å². The molecule has 3 nitrogen and oxygen atoms in total. The molecule has 0 spiro atoms. The second-order valence-corrected chi connectivity index (χ2v) is 6.26. The van der Waals surface area contributed by atoms with E-state index in [9.17, 15) is 4.21 Å². The molecule has 0 amide bonds. The van der Waals surface area contributed by atoms with Crippen LogP contribution in [0.3, 0.4) is 0 Å². The fourth-order valence-electron chi connectivity index (χ4n) is 2.09. The Morgan fingerprint density at radius 3 is 2.55 bits per heavy atom. The number of halogens is 1. The summed E-state index contributed by atoms with van der Waals surface area (Å²) < 4.78 is 12.7. The molecule has 1 heterocycles. The van der Waals surface area contributed by atoms with E-state index in [2.05, 4.69) is 10.3 Å². The zero-order valence-electron chi connectivity index (χ0n) is 10.7. The Labute approximate surface area is 125 Å². The maximum atomic E-state index is 12.7. The van der Waals surface area contributed by atoms with E-state index in [4.69, 9.17) is 11.6 Å². The van der Waals surface area contributed by atoms with Gasteiger partial charge in [-0.1, -0.05) is 29.8 Å². The van der Waals surface area contributed by atoms with Crippen molar-refractivity contribution < 1.29 is 4.21 Å². The quantitative estimate of drug-likeness (QED) is 0.947. The topological polar surface area (TPSA) is 41.5 Å². The van der Waals surface area contributed by atoms with Crippen LogP contribution in [0.1, 0.15) is 5.56 Å². The van der Waals surface area contributed by atoms with Gasteiger partial charge in [0.2, 0.25) is 0 Å². The number of hydrogen-bond acceptors (Lipinski definition) is 3. The van der Waals surface area contributed by atoms with E-state index in [0.717, 1.165) is 34.3 Å². The second kappa shape index (κ2) is 5.77. The summed E-state index contributed by atoms with van der Waals surface area (Å²) in [7, 11) is -1.24. The second-order valence-electron chi connectivity index (χ2n) is 4.38. The van der Waals surface area contributed by atoms with E-state index < -0.39 is 10.8 Å². The number of rotatable bonds is 3. The molecule has 0 radical (unpaired) electrons. The van der Waals surface area contributed by atoms with Gasteiger partial charge < -0.3 is 5.32 Å². The normalized spacial score (nSPS) is 15.6. The average Bonchev–Trinajstić information content (AvgIpc) is 3.01. The molecule has 0 fully saturated rings. The molecule has 1 aliphatic heterocycles. The standard InChI is InChI=1S/C15H13ClN2OS/c16-11-5-7-12(8-6-11)20(19)14-4-2-1-3-13(14)15-17-9-10-18-15/h1-8H,9-10H2,(H,17,18)/t20-/m1/s1. The summed E-state index contributed by atoms with van der Waals surface area (Å²) in [4.78, 5) is 5.91. The van der Waals surface area contributed by atoms with Crippen LogP contribution in [0.15, 0.2) is 63.3 Å². The van der Waals surface area contributed by atoms with Crippen LogP contribution >= 0.6 is 11.6 Å². The molecule has 1 aliphatic rings. The van der Waals surface area contributed by atoms with Gasteiger partial charge in [0.05, 0.1) is 22.2 Å². The zero-order chi connectivity index (χ0) is 13.9. The lowest BCUT2D eigenvalue weighted by molar-refractivity contribution is 0.683. The number of benzene rings is 2. The molecule has 3 rings (SSSR count). The largest absolute Gasteiger partial charge is 0.368 e. The molecule has 0 aliphatic carbocycles. The van der Waals surface area contributed by atoms with Gasteiger partial charge in [0.15, 0.2) is 0 Å². The van der Waals surface area contributed by atoms with Crippen LogP contribution in [0.4, 0.5) is 0 Å². The summed E-state index contributed by atoms with van der Waals surface area (Å²) in [6.45, 7) is 1.59. The number of nitrogens with one attached hydrogen (secondary N) is 1. The zero-order valence-corrected chi connectivity index (χ0v) is 12.2. The Bertz CT molecular complexity index is 683. The highest BCUT2D eigenvalue weighted by Gasteiger charge is 2.17. The van der Waals surface area contributed by atoms with E-state index in [1.807, 2.05) is 24.3 Å². The first kappa shape index (κ1) is 13.3. The molecule has 0 saturated heterocycles. The van der Waals surface area contributed by atoms with Gasteiger partial charge in [-0.2, -0.15) is 0 Å². The fourth-order valence-corrected chi connectivity index (χ4v) is 3.42. The smallest absolute Gasteiger partial charge is 0.129 e. The Hall–Kier alpha value is -1.65. The Balaban J connectivity index is 2.01. The first-order chi connectivity index (χ1) is 9.75. The molecule has 20 heavy (non-hydrogen) atoms. The van der Waals surface area contributed by atoms with Crippen molar-refractivity contribution in [1.29, 1.82) is 0 Å². The minimum Gasteiger partial charge on any atom is -0.368 e. The van der Waals surface area contributed by atoms with Gasteiger partial charge in [-0.25, -0.2) is 4.21 Å². The maximum absolute atomic E-state index is 12.7. The van der Waals surface area contributed by atoms with Crippen molar-refractivity contribution in [1.82, 2.24) is 5.32 Å². The summed E-state index contributed by atoms with van der Waals surface area (Å²) in [6.07, 6.45) is 0. The van der Waals surface area contributed by atoms with E-state index in [0.29, 0.717) is 5.02 Å². The summed E-state index contributed by atoms with van der Waals surface area (Å²) >= 11 is 5.87. The molecular formula is C15H13ClN2OS. The lowest BCUT2D eigenvalue weighted by Crippen LogP contribution is -2.21. The third-order valence-electron chi connectivity index (χ3n) is 3.04. The maximum Gasteiger partial charge on any atom is 0.129 e. The van der Waals surface area contributed by atoms with Gasteiger partial charge in [0.25, 0.3) is 0 Å². The molecule has 0 aromatic heterocycles. The number of hydrogen-bond donors (Lipinski definition) is 1. The predicted molar refractivity (Wildman–Crippen MR) is 82.0 cm³/mol. The van der Waals surface area contributed by atoms with E-state index in [1.54, 1.807) is 24.3 Å². The minimum absolute atomic E-state index is 0.640. The highest BCUT2D eigenvalue weighted by Crippen LogP contribution is 2.22. The van der Waals surface area contributed by atoms with Crippen molar-refractivity contribution in [2.24, 2.45) is 4.99 Å². The lowest BCUT2D eigenvalue weighted by atomic mass is 10.2. The van der Waals surface area contributed by atoms with Crippen LogP contribution in [-0.2, 0) is 10.8 Å². The van der Waals surface area contributed by atoms with Crippen LogP contribution in [0.2, 0.25) is 5.02 Å². The van der Waals surface area contributed by atoms with Gasteiger partial charge in [-0.15, -0.1) is 0 Å². The van der Waals surface area contributed by atoms with Crippen molar-refractivity contribution in [3.63, 3.8) is 0 Å². The highest BCUT2D eigenvalue weighted by molar-refractivity contribution is 7.85. The third-order valence-corrected chi connectivity index (χ3v) is 4.75. The third kappa shape index (κ3) is 2.62. The van der Waals surface area contributed by atoms with Gasteiger partial charge in [-0.05, 0) is 30.3 Å². The summed E-state index contributed by atoms with van der Waals surface area (Å²) in [5.41, 5.74) is 0.901. The molecule has 1 N–H and O–H groups in total. The monoisotopic (exact) mass is 304 g/mol. The average molecular weight is 305 g/mol. The summed E-state index contributed by atoms with van der Waals surface area (Å²) in [5, 5.41) is 3.86. The molecule has 1 atom stereocenters. The number of aliphatic imine (C=N–C) groups is 1. The highest BCUT2D eigenvalue weighted by atomic mass is 35.5. The van der Waals surface area contributed by atoms with Gasteiger partial charge >= 0.3 is 0 Å². The van der Waals surface area contributed by atoms with Crippen LogP contribution in [0.5, 0.6) is 0 Å². The van der Waals surface area contributed by atoms with Crippen molar-refractivity contribution in [3.05, 3.63) is 59.1 Å². The molecule has 0 unspecified atom stereocenters. The van der Waals surface area contributed by atoms with Crippen LogP contribution in [0, 0.1) is 0 Å². The Morgan fingerprint density at radius 1 is 1.10 bits per heavy atom. The molecule has 2 aromatic rings. The molecule has 5 heteroatoms. The number of nitrogens with zero attached hydrogens (tertiary/aromatic N) is 1. The van der Waals surface area contributed by atoms with Crippen molar-refractivity contribution in [2.75, 3.05) is 13.1 Å². The molecule has 102 valence electrons. The molecule has 2 aromatic carbocycles. The van der Waals surface area contributed by atoms with Crippen LogP contribution < -0.4 is 5.32 Å². The van der Waals surface area contributed by atoms with E-state index in [1.165, 1.54) is 0 Å². The SMILES string of the molecule is O=[S@](c1ccc(Cl)cc1)c1ccccc1C1=NCCN1. The first-order valence-corrected chi connectivity index (χ1v) is 7.83. The summed E-state index contributed by atoms with van der Waals surface area (Å²) in [6, 6.07) is 14.7. The van der Waals surface area contributed by atoms with E-state index in [-0.39, 0.29) is 0 Å². The lowest BCUT2D eigenvalue weighted by Gasteiger charge is -2.09. The van der Waals surface area contributed by atoms with Crippen molar-refractivity contribution >= 4 is 28.2 Å². The van der Waals surface area contributed by atoms with Gasteiger partial charge in [-0.3, -0.25) is 4.99 Å². The van der Waals surface area contributed by atoms with Gasteiger partial charge in [0, 0.05) is 22.0 Å². The fraction of sp³-hybridized carbons (Fsp3) is 0.133.